The third kappa shape index (κ3) is 5.85. The summed E-state index contributed by atoms with van der Waals surface area (Å²) in [5, 5.41) is 24.4. The summed E-state index contributed by atoms with van der Waals surface area (Å²) in [6.45, 7) is 1.39. The highest BCUT2D eigenvalue weighted by atomic mass is 35.5. The molecule has 1 aliphatic heterocycles. The molecule has 0 unspecified atom stereocenters. The molecule has 1 atom stereocenters. The van der Waals surface area contributed by atoms with Gasteiger partial charge in [0.05, 0.1) is 19.1 Å². The van der Waals surface area contributed by atoms with Crippen LogP contribution in [0.2, 0.25) is 5.02 Å². The zero-order valence-corrected chi connectivity index (χ0v) is 18.2. The predicted molar refractivity (Wildman–Crippen MR) is 122 cm³/mol. The van der Waals surface area contributed by atoms with Crippen molar-refractivity contribution in [3.8, 4) is 5.88 Å². The first-order valence-electron chi connectivity index (χ1n) is 10.5. The molecule has 0 radical (unpaired) electrons. The molecule has 3 N–H and O–H groups in total. The summed E-state index contributed by atoms with van der Waals surface area (Å²) < 4.78 is 5.71. The van der Waals surface area contributed by atoms with E-state index in [-0.39, 0.29) is 6.42 Å². The maximum atomic E-state index is 11.3. The van der Waals surface area contributed by atoms with Gasteiger partial charge < -0.3 is 20.5 Å². The first kappa shape index (κ1) is 21.8. The van der Waals surface area contributed by atoms with Crippen LogP contribution in [-0.4, -0.2) is 39.4 Å². The molecule has 32 heavy (non-hydrogen) atoms. The molecule has 1 aliphatic rings. The van der Waals surface area contributed by atoms with E-state index in [0.29, 0.717) is 29.7 Å². The number of rotatable bonds is 9. The van der Waals surface area contributed by atoms with Crippen molar-refractivity contribution in [2.75, 3.05) is 23.8 Å². The first-order chi connectivity index (χ1) is 15.6. The van der Waals surface area contributed by atoms with Crippen molar-refractivity contribution >= 4 is 29.2 Å². The average molecular weight is 454 g/mol. The van der Waals surface area contributed by atoms with Crippen LogP contribution in [0.3, 0.4) is 0 Å². The lowest BCUT2D eigenvalue weighted by Gasteiger charge is -2.18. The van der Waals surface area contributed by atoms with Crippen molar-refractivity contribution in [2.45, 2.75) is 31.7 Å². The molecule has 3 aromatic rings. The topological polar surface area (TPSA) is 109 Å². The van der Waals surface area contributed by atoms with E-state index in [1.54, 1.807) is 30.3 Å². The number of hydrogen-bond donors (Lipinski definition) is 3. The third-order valence-corrected chi connectivity index (χ3v) is 5.39. The number of ether oxygens (including phenoxy) is 1. The fourth-order valence-electron chi connectivity index (χ4n) is 3.57. The highest BCUT2D eigenvalue weighted by Gasteiger charge is 2.17. The Hall–Kier alpha value is -3.39. The van der Waals surface area contributed by atoms with Crippen LogP contribution in [0.1, 0.15) is 35.7 Å². The summed E-state index contributed by atoms with van der Waals surface area (Å²) in [5.41, 5.74) is 2.98. The Bertz CT molecular complexity index is 1080. The molecule has 0 spiro atoms. The third-order valence-electron chi connectivity index (χ3n) is 5.15. The quantitative estimate of drug-likeness (QED) is 0.443. The second kappa shape index (κ2) is 10.3. The van der Waals surface area contributed by atoms with Gasteiger partial charge in [-0.05, 0) is 48.2 Å². The Kier molecular flexibility index (Phi) is 7.01. The molecular formula is C23H24ClN5O3. The SMILES string of the molecule is O=C(O)C[C@@H](Nc1ccc(OCCc2ccc3c(n2)NCCC3)nn1)c1cccc(Cl)c1. The summed E-state index contributed by atoms with van der Waals surface area (Å²) in [5.74, 6) is 0.885. The van der Waals surface area contributed by atoms with Crippen LogP contribution in [-0.2, 0) is 17.6 Å². The van der Waals surface area contributed by atoms with Crippen LogP contribution in [0.25, 0.3) is 0 Å². The normalized spacial score (nSPS) is 13.5. The van der Waals surface area contributed by atoms with Crippen molar-refractivity contribution in [2.24, 2.45) is 0 Å². The molecule has 166 valence electrons. The van der Waals surface area contributed by atoms with Crippen molar-refractivity contribution in [1.29, 1.82) is 0 Å². The molecule has 0 saturated heterocycles. The molecule has 0 saturated carbocycles. The summed E-state index contributed by atoms with van der Waals surface area (Å²) in [6.07, 6.45) is 2.73. The molecule has 3 heterocycles. The zero-order chi connectivity index (χ0) is 22.3. The summed E-state index contributed by atoms with van der Waals surface area (Å²) >= 11 is 6.05. The number of aromatic nitrogens is 3. The van der Waals surface area contributed by atoms with E-state index in [4.69, 9.17) is 16.3 Å². The van der Waals surface area contributed by atoms with E-state index in [9.17, 15) is 9.90 Å². The highest BCUT2D eigenvalue weighted by Crippen LogP contribution is 2.25. The molecule has 2 aromatic heterocycles. The molecule has 4 rings (SSSR count). The lowest BCUT2D eigenvalue weighted by Crippen LogP contribution is -2.16. The molecular weight excluding hydrogens is 430 g/mol. The van der Waals surface area contributed by atoms with Crippen molar-refractivity contribution in [3.63, 3.8) is 0 Å². The van der Waals surface area contributed by atoms with E-state index < -0.39 is 12.0 Å². The number of hydrogen-bond acceptors (Lipinski definition) is 7. The number of carboxylic acids is 1. The Balaban J connectivity index is 1.33. The standard InChI is InChI=1S/C23H24ClN5O3/c24-17-5-1-3-16(13-17)19(14-22(30)31)27-20-8-9-21(29-28-20)32-12-10-18-7-6-15-4-2-11-25-23(15)26-18/h1,3,5-9,13,19H,2,4,10-12,14H2,(H,25,26)(H,27,28)(H,30,31)/t19-/m1/s1. The van der Waals surface area contributed by atoms with Crippen molar-refractivity contribution in [3.05, 3.63) is 70.4 Å². The van der Waals surface area contributed by atoms with Gasteiger partial charge in [0.25, 0.3) is 0 Å². The fraction of sp³-hybridized carbons (Fsp3) is 0.304. The Labute approximate surface area is 191 Å². The average Bonchev–Trinajstić information content (AvgIpc) is 2.79. The number of anilines is 2. The number of aliphatic carboxylic acids is 1. The summed E-state index contributed by atoms with van der Waals surface area (Å²) in [7, 11) is 0. The van der Waals surface area contributed by atoms with Gasteiger partial charge in [0.15, 0.2) is 0 Å². The maximum Gasteiger partial charge on any atom is 0.305 e. The minimum Gasteiger partial charge on any atom is -0.481 e. The van der Waals surface area contributed by atoms with E-state index >= 15 is 0 Å². The number of nitrogens with zero attached hydrogens (tertiary/aromatic N) is 3. The summed E-state index contributed by atoms with van der Waals surface area (Å²) in [6, 6.07) is 14.2. The minimum atomic E-state index is -0.929. The van der Waals surface area contributed by atoms with E-state index in [2.05, 4.69) is 31.9 Å². The number of nitrogens with one attached hydrogen (secondary N) is 2. The molecule has 0 fully saturated rings. The first-order valence-corrected chi connectivity index (χ1v) is 10.9. The van der Waals surface area contributed by atoms with E-state index in [1.807, 2.05) is 12.1 Å². The van der Waals surface area contributed by atoms with Crippen LogP contribution >= 0.6 is 11.6 Å². The molecule has 8 nitrogen and oxygen atoms in total. The number of carbonyl (C=O) groups is 1. The molecule has 9 heteroatoms. The Morgan fingerprint density at radius 3 is 2.91 bits per heavy atom. The van der Waals surface area contributed by atoms with Crippen LogP contribution < -0.4 is 15.4 Å². The van der Waals surface area contributed by atoms with E-state index in [1.165, 1.54) is 5.56 Å². The fourth-order valence-corrected chi connectivity index (χ4v) is 3.77. The van der Waals surface area contributed by atoms with Gasteiger partial charge in [0, 0.05) is 29.7 Å². The lowest BCUT2D eigenvalue weighted by atomic mass is 10.0. The molecule has 0 amide bonds. The van der Waals surface area contributed by atoms with Gasteiger partial charge in [-0.2, -0.15) is 0 Å². The van der Waals surface area contributed by atoms with Crippen molar-refractivity contribution in [1.82, 2.24) is 15.2 Å². The van der Waals surface area contributed by atoms with Gasteiger partial charge in [0.1, 0.15) is 11.6 Å². The predicted octanol–water partition coefficient (Wildman–Crippen LogP) is 4.13. The van der Waals surface area contributed by atoms with Gasteiger partial charge >= 0.3 is 5.97 Å². The highest BCUT2D eigenvalue weighted by molar-refractivity contribution is 6.30. The molecule has 0 bridgehead atoms. The Morgan fingerprint density at radius 1 is 1.22 bits per heavy atom. The lowest BCUT2D eigenvalue weighted by molar-refractivity contribution is -0.137. The van der Waals surface area contributed by atoms with Gasteiger partial charge in [-0.15, -0.1) is 10.2 Å². The van der Waals surface area contributed by atoms with Gasteiger partial charge in [-0.3, -0.25) is 4.79 Å². The Morgan fingerprint density at radius 2 is 2.12 bits per heavy atom. The number of halogens is 1. The maximum absolute atomic E-state index is 11.3. The number of benzene rings is 1. The van der Waals surface area contributed by atoms with Crippen molar-refractivity contribution < 1.29 is 14.6 Å². The summed E-state index contributed by atoms with van der Waals surface area (Å²) in [4.78, 5) is 15.9. The number of carboxylic acid groups (broad SMARTS) is 1. The van der Waals surface area contributed by atoms with Crippen LogP contribution in [0.15, 0.2) is 48.5 Å². The number of pyridine rings is 1. The van der Waals surface area contributed by atoms with Crippen LogP contribution in [0.4, 0.5) is 11.6 Å². The van der Waals surface area contributed by atoms with Crippen LogP contribution in [0, 0.1) is 0 Å². The number of fused-ring (bicyclic) bond motifs is 1. The zero-order valence-electron chi connectivity index (χ0n) is 17.4. The molecule has 0 aliphatic carbocycles. The molecule has 1 aromatic carbocycles. The second-order valence-corrected chi connectivity index (χ2v) is 7.98. The number of aryl methyl sites for hydroxylation is 1. The monoisotopic (exact) mass is 453 g/mol. The van der Waals surface area contributed by atoms with Gasteiger partial charge in [-0.25, -0.2) is 4.98 Å². The second-order valence-electron chi connectivity index (χ2n) is 7.55. The van der Waals surface area contributed by atoms with Gasteiger partial charge in [-0.1, -0.05) is 29.8 Å². The van der Waals surface area contributed by atoms with E-state index in [0.717, 1.165) is 36.5 Å². The van der Waals surface area contributed by atoms with Gasteiger partial charge in [0.2, 0.25) is 5.88 Å². The minimum absolute atomic E-state index is 0.122. The smallest absolute Gasteiger partial charge is 0.305 e. The largest absolute Gasteiger partial charge is 0.481 e. The van der Waals surface area contributed by atoms with Crippen LogP contribution in [0.5, 0.6) is 5.88 Å².